The lowest BCUT2D eigenvalue weighted by Crippen LogP contribution is -2.37. The smallest absolute Gasteiger partial charge is 0.314 e. The summed E-state index contributed by atoms with van der Waals surface area (Å²) >= 11 is 6.24. The van der Waals surface area contributed by atoms with Crippen molar-refractivity contribution in [2.75, 3.05) is 16.4 Å². The SMILES string of the molecule is Cc1ccc(N2C(=O)N(Cc3ccccc3)[C@H]3CS(=O)(=O)C[C@@H]32)cc1Cl. The predicted octanol–water partition coefficient (Wildman–Crippen LogP) is 3.26. The van der Waals surface area contributed by atoms with Crippen molar-refractivity contribution in [2.45, 2.75) is 25.6 Å². The maximum atomic E-state index is 13.1. The van der Waals surface area contributed by atoms with E-state index in [2.05, 4.69) is 0 Å². The fourth-order valence-electron chi connectivity index (χ4n) is 3.78. The summed E-state index contributed by atoms with van der Waals surface area (Å²) < 4.78 is 24.5. The molecule has 0 radical (unpaired) electrons. The van der Waals surface area contributed by atoms with Crippen molar-refractivity contribution in [1.29, 1.82) is 0 Å². The number of hydrogen-bond donors (Lipinski definition) is 0. The van der Waals surface area contributed by atoms with Gasteiger partial charge in [-0.05, 0) is 30.2 Å². The molecule has 2 aliphatic heterocycles. The minimum Gasteiger partial charge on any atom is -0.314 e. The topological polar surface area (TPSA) is 57.7 Å². The third-order valence-electron chi connectivity index (χ3n) is 5.11. The van der Waals surface area contributed by atoms with Crippen LogP contribution in [0.4, 0.5) is 10.5 Å². The quantitative estimate of drug-likeness (QED) is 0.756. The van der Waals surface area contributed by atoms with Gasteiger partial charge < -0.3 is 4.90 Å². The van der Waals surface area contributed by atoms with E-state index in [4.69, 9.17) is 11.6 Å². The fourth-order valence-corrected chi connectivity index (χ4v) is 5.90. The standard InChI is InChI=1S/C19H19ClN2O3S/c1-13-7-8-15(9-16(13)20)22-18-12-26(24,25)11-17(18)21(19(22)23)10-14-5-3-2-4-6-14/h2-9,17-18H,10-12H2,1H3/t17-,18-/m0/s1. The number of halogens is 1. The van der Waals surface area contributed by atoms with Crippen molar-refractivity contribution in [1.82, 2.24) is 4.90 Å². The Morgan fingerprint density at radius 1 is 1.08 bits per heavy atom. The Balaban J connectivity index is 1.72. The average Bonchev–Trinajstić information content (AvgIpc) is 3.02. The highest BCUT2D eigenvalue weighted by Gasteiger charge is 2.53. The maximum absolute atomic E-state index is 13.1. The van der Waals surface area contributed by atoms with Gasteiger partial charge in [0.25, 0.3) is 0 Å². The number of nitrogens with zero attached hydrogens (tertiary/aromatic N) is 2. The van der Waals surface area contributed by atoms with Crippen LogP contribution in [0, 0.1) is 6.92 Å². The molecule has 0 bridgehead atoms. The Morgan fingerprint density at radius 2 is 1.77 bits per heavy atom. The highest BCUT2D eigenvalue weighted by atomic mass is 35.5. The highest BCUT2D eigenvalue weighted by Crippen LogP contribution is 2.37. The summed E-state index contributed by atoms with van der Waals surface area (Å²) in [7, 11) is -3.18. The van der Waals surface area contributed by atoms with Crippen LogP contribution < -0.4 is 4.90 Å². The van der Waals surface area contributed by atoms with Gasteiger partial charge in [0.15, 0.2) is 9.84 Å². The van der Waals surface area contributed by atoms with Crippen molar-refractivity contribution in [3.63, 3.8) is 0 Å². The highest BCUT2D eigenvalue weighted by molar-refractivity contribution is 7.91. The Kier molecular flexibility index (Phi) is 4.20. The molecule has 2 saturated heterocycles. The lowest BCUT2D eigenvalue weighted by Gasteiger charge is -2.23. The van der Waals surface area contributed by atoms with E-state index in [0.29, 0.717) is 17.3 Å². The zero-order valence-corrected chi connectivity index (χ0v) is 15.9. The van der Waals surface area contributed by atoms with E-state index < -0.39 is 9.84 Å². The molecule has 2 aromatic rings. The summed E-state index contributed by atoms with van der Waals surface area (Å²) in [5.74, 6) is -0.00742. The Morgan fingerprint density at radius 3 is 2.46 bits per heavy atom. The minimum atomic E-state index is -3.18. The summed E-state index contributed by atoms with van der Waals surface area (Å²) in [6.45, 7) is 2.29. The molecular formula is C19H19ClN2O3S. The van der Waals surface area contributed by atoms with Gasteiger partial charge in [0.2, 0.25) is 0 Å². The second-order valence-electron chi connectivity index (χ2n) is 6.91. The number of hydrogen-bond acceptors (Lipinski definition) is 3. The third-order valence-corrected chi connectivity index (χ3v) is 7.21. The summed E-state index contributed by atoms with van der Waals surface area (Å²) in [5.41, 5.74) is 2.54. The second kappa shape index (κ2) is 6.28. The van der Waals surface area contributed by atoms with Crippen LogP contribution in [0.1, 0.15) is 11.1 Å². The number of benzene rings is 2. The van der Waals surface area contributed by atoms with Gasteiger partial charge in [0, 0.05) is 17.3 Å². The first-order chi connectivity index (χ1) is 12.4. The first kappa shape index (κ1) is 17.4. The van der Waals surface area contributed by atoms with E-state index in [1.54, 1.807) is 15.9 Å². The van der Waals surface area contributed by atoms with Gasteiger partial charge in [-0.2, -0.15) is 0 Å². The lowest BCUT2D eigenvalue weighted by molar-refractivity contribution is 0.206. The lowest BCUT2D eigenvalue weighted by atomic mass is 10.1. The van der Waals surface area contributed by atoms with Gasteiger partial charge in [-0.1, -0.05) is 48.0 Å². The van der Waals surface area contributed by atoms with E-state index in [-0.39, 0.29) is 29.6 Å². The Labute approximate surface area is 158 Å². The van der Waals surface area contributed by atoms with E-state index in [1.165, 1.54) is 0 Å². The third kappa shape index (κ3) is 2.97. The van der Waals surface area contributed by atoms with Gasteiger partial charge in [-0.25, -0.2) is 13.2 Å². The average molecular weight is 391 g/mol. The van der Waals surface area contributed by atoms with Crippen LogP contribution in [-0.2, 0) is 16.4 Å². The molecule has 2 aromatic carbocycles. The molecule has 0 N–H and O–H groups in total. The number of carbonyl (C=O) groups is 1. The fraction of sp³-hybridized carbons (Fsp3) is 0.316. The number of fused-ring (bicyclic) bond motifs is 1. The maximum Gasteiger partial charge on any atom is 0.325 e. The molecule has 26 heavy (non-hydrogen) atoms. The summed E-state index contributed by atoms with van der Waals surface area (Å²) in [4.78, 5) is 16.4. The van der Waals surface area contributed by atoms with Crippen LogP contribution >= 0.6 is 11.6 Å². The van der Waals surface area contributed by atoms with Crippen LogP contribution in [0.5, 0.6) is 0 Å². The molecule has 2 amide bonds. The van der Waals surface area contributed by atoms with Crippen LogP contribution in [0.25, 0.3) is 0 Å². The largest absolute Gasteiger partial charge is 0.325 e. The normalized spacial score (nSPS) is 24.2. The predicted molar refractivity (Wildman–Crippen MR) is 102 cm³/mol. The molecule has 2 heterocycles. The summed E-state index contributed by atoms with van der Waals surface area (Å²) in [6, 6.07) is 14.2. The molecular weight excluding hydrogens is 372 g/mol. The molecule has 136 valence electrons. The van der Waals surface area contributed by atoms with E-state index in [9.17, 15) is 13.2 Å². The summed E-state index contributed by atoms with van der Waals surface area (Å²) in [5, 5.41) is 0.564. The molecule has 0 spiro atoms. The number of amides is 2. The van der Waals surface area contributed by atoms with Gasteiger partial charge in [0.1, 0.15) is 0 Å². The van der Waals surface area contributed by atoms with Crippen LogP contribution in [0.2, 0.25) is 5.02 Å². The molecule has 0 unspecified atom stereocenters. The van der Waals surface area contributed by atoms with Crippen LogP contribution in [0.15, 0.2) is 48.5 Å². The zero-order chi connectivity index (χ0) is 18.5. The molecule has 4 rings (SSSR count). The molecule has 0 aliphatic carbocycles. The first-order valence-electron chi connectivity index (χ1n) is 8.46. The number of rotatable bonds is 3. The van der Waals surface area contributed by atoms with Crippen molar-refractivity contribution < 1.29 is 13.2 Å². The number of aryl methyl sites for hydroxylation is 1. The number of carbonyl (C=O) groups excluding carboxylic acids is 1. The number of sulfone groups is 1. The minimum absolute atomic E-state index is 0.00628. The summed E-state index contributed by atoms with van der Waals surface area (Å²) in [6.07, 6.45) is 0. The van der Waals surface area contributed by atoms with Crippen LogP contribution in [0.3, 0.4) is 0 Å². The first-order valence-corrected chi connectivity index (χ1v) is 10.7. The van der Waals surface area contributed by atoms with Crippen molar-refractivity contribution >= 4 is 33.2 Å². The van der Waals surface area contributed by atoms with Gasteiger partial charge in [-0.3, -0.25) is 4.90 Å². The zero-order valence-electron chi connectivity index (χ0n) is 14.3. The molecule has 2 fully saturated rings. The van der Waals surface area contributed by atoms with Crippen LogP contribution in [-0.4, -0.2) is 42.9 Å². The van der Waals surface area contributed by atoms with Gasteiger partial charge >= 0.3 is 6.03 Å². The Hall–Kier alpha value is -2.05. The van der Waals surface area contributed by atoms with Gasteiger partial charge in [-0.15, -0.1) is 0 Å². The Bertz CT molecular complexity index is 962. The molecule has 2 atom stereocenters. The monoisotopic (exact) mass is 390 g/mol. The molecule has 7 heteroatoms. The van der Waals surface area contributed by atoms with E-state index in [0.717, 1.165) is 11.1 Å². The molecule has 0 aromatic heterocycles. The van der Waals surface area contributed by atoms with Crippen molar-refractivity contribution in [3.05, 3.63) is 64.7 Å². The van der Waals surface area contributed by atoms with E-state index >= 15 is 0 Å². The molecule has 5 nitrogen and oxygen atoms in total. The number of anilines is 1. The molecule has 2 aliphatic rings. The number of urea groups is 1. The van der Waals surface area contributed by atoms with E-state index in [1.807, 2.05) is 49.4 Å². The van der Waals surface area contributed by atoms with Gasteiger partial charge in [0.05, 0.1) is 23.6 Å². The van der Waals surface area contributed by atoms with Crippen molar-refractivity contribution in [3.8, 4) is 0 Å². The van der Waals surface area contributed by atoms with Crippen molar-refractivity contribution in [2.24, 2.45) is 0 Å². The molecule has 0 saturated carbocycles. The second-order valence-corrected chi connectivity index (χ2v) is 9.47.